The summed E-state index contributed by atoms with van der Waals surface area (Å²) in [4.78, 5) is 2.34. The smallest absolute Gasteiger partial charge is 0.152 e. The fourth-order valence-electron chi connectivity index (χ4n) is 4.10. The van der Waals surface area contributed by atoms with Crippen LogP contribution in [-0.4, -0.2) is 18.8 Å². The maximum atomic E-state index is 4.70. The fourth-order valence-corrected chi connectivity index (χ4v) is 4.10. The molecule has 2 aromatic rings. The first-order valence-corrected chi connectivity index (χ1v) is 8.19. The van der Waals surface area contributed by atoms with Crippen LogP contribution < -0.4 is 9.91 Å². The highest BCUT2D eigenvalue weighted by molar-refractivity contribution is 5.61. The van der Waals surface area contributed by atoms with E-state index < -0.39 is 0 Å². The summed E-state index contributed by atoms with van der Waals surface area (Å²) in [5.41, 5.74) is 3.54. The van der Waals surface area contributed by atoms with Gasteiger partial charge in [-0.2, -0.15) is 5.11 Å². The van der Waals surface area contributed by atoms with Gasteiger partial charge in [-0.1, -0.05) is 48.5 Å². The Morgan fingerprint density at radius 2 is 1.74 bits per heavy atom. The lowest BCUT2D eigenvalue weighted by Gasteiger charge is -2.38. The highest BCUT2D eigenvalue weighted by Crippen LogP contribution is 2.46. The highest BCUT2D eigenvalue weighted by Gasteiger charge is 2.49. The third kappa shape index (κ3) is 2.12. The molecule has 2 aliphatic heterocycles. The van der Waals surface area contributed by atoms with Crippen LogP contribution in [0.4, 0.5) is 11.4 Å². The number of hydrogen-bond donors (Lipinski definition) is 0. The summed E-state index contributed by atoms with van der Waals surface area (Å²) in [6.07, 6.45) is 1.09. The predicted molar refractivity (Wildman–Crippen MR) is 93.8 cm³/mol. The van der Waals surface area contributed by atoms with Gasteiger partial charge < -0.3 is 4.90 Å². The highest BCUT2D eigenvalue weighted by atomic mass is 15.7. The van der Waals surface area contributed by atoms with E-state index in [9.17, 15) is 0 Å². The minimum Gasteiger partial charge on any atom is -0.350 e. The number of fused-ring (bicyclic) bond motifs is 2. The molecule has 4 heteroatoms. The van der Waals surface area contributed by atoms with E-state index in [1.165, 1.54) is 11.3 Å². The van der Waals surface area contributed by atoms with Crippen LogP contribution in [0, 0.1) is 0 Å². The second-order valence-corrected chi connectivity index (χ2v) is 6.88. The largest absolute Gasteiger partial charge is 0.350 e. The van der Waals surface area contributed by atoms with Crippen LogP contribution in [0.1, 0.15) is 31.7 Å². The summed E-state index contributed by atoms with van der Waals surface area (Å²) in [5, 5.41) is 11.3. The summed E-state index contributed by atoms with van der Waals surface area (Å²) < 4.78 is 0. The third-order valence-corrected chi connectivity index (χ3v) is 5.11. The summed E-state index contributed by atoms with van der Waals surface area (Å²) in [5.74, 6) is 0.457. The maximum absolute atomic E-state index is 4.70. The first-order valence-electron chi connectivity index (χ1n) is 8.19. The molecule has 4 rings (SSSR count). The van der Waals surface area contributed by atoms with Crippen LogP contribution in [0.3, 0.4) is 0 Å². The first kappa shape index (κ1) is 14.2. The normalized spacial score (nSPS) is 29.2. The van der Waals surface area contributed by atoms with Crippen molar-refractivity contribution in [3.8, 4) is 0 Å². The molecule has 0 amide bonds. The molecule has 2 aliphatic rings. The number of nitrogens with zero attached hydrogens (tertiary/aromatic N) is 4. The van der Waals surface area contributed by atoms with Gasteiger partial charge in [-0.05, 0) is 43.0 Å². The average molecular weight is 306 g/mol. The SMILES string of the molecule is C[C@@H]1C[C@@]2(C)N=NN(c3ccccc3)[C@H]2N(C)c2ccccc21. The Morgan fingerprint density at radius 1 is 1.04 bits per heavy atom. The van der Waals surface area contributed by atoms with Crippen molar-refractivity contribution < 1.29 is 0 Å². The fraction of sp³-hybridized carbons (Fsp3) is 0.368. The van der Waals surface area contributed by atoms with Gasteiger partial charge in [0, 0.05) is 12.7 Å². The second kappa shape index (κ2) is 5.08. The zero-order valence-corrected chi connectivity index (χ0v) is 13.8. The van der Waals surface area contributed by atoms with E-state index in [0.29, 0.717) is 5.92 Å². The van der Waals surface area contributed by atoms with Crippen molar-refractivity contribution in [2.24, 2.45) is 10.3 Å². The van der Waals surface area contributed by atoms with Crippen molar-refractivity contribution in [3.63, 3.8) is 0 Å². The van der Waals surface area contributed by atoms with E-state index in [-0.39, 0.29) is 11.7 Å². The molecule has 0 aromatic heterocycles. The van der Waals surface area contributed by atoms with Crippen molar-refractivity contribution >= 4 is 11.4 Å². The molecule has 2 heterocycles. The van der Waals surface area contributed by atoms with Crippen molar-refractivity contribution in [3.05, 3.63) is 60.2 Å². The van der Waals surface area contributed by atoms with Gasteiger partial charge in [0.2, 0.25) is 0 Å². The van der Waals surface area contributed by atoms with E-state index >= 15 is 0 Å². The Morgan fingerprint density at radius 3 is 2.52 bits per heavy atom. The lowest BCUT2D eigenvalue weighted by atomic mass is 9.86. The van der Waals surface area contributed by atoms with Crippen LogP contribution in [0.15, 0.2) is 64.9 Å². The van der Waals surface area contributed by atoms with Crippen molar-refractivity contribution in [1.82, 2.24) is 0 Å². The van der Waals surface area contributed by atoms with Gasteiger partial charge in [0.25, 0.3) is 0 Å². The molecule has 0 saturated carbocycles. The molecule has 0 radical (unpaired) electrons. The zero-order valence-electron chi connectivity index (χ0n) is 13.8. The molecule has 23 heavy (non-hydrogen) atoms. The Kier molecular flexibility index (Phi) is 3.15. The van der Waals surface area contributed by atoms with E-state index in [2.05, 4.69) is 72.4 Å². The second-order valence-electron chi connectivity index (χ2n) is 6.88. The van der Waals surface area contributed by atoms with E-state index in [0.717, 1.165) is 12.1 Å². The molecule has 0 bridgehead atoms. The molecule has 0 spiro atoms. The van der Waals surface area contributed by atoms with Gasteiger partial charge in [-0.25, -0.2) is 5.01 Å². The van der Waals surface area contributed by atoms with Gasteiger partial charge >= 0.3 is 0 Å². The predicted octanol–water partition coefficient (Wildman–Crippen LogP) is 4.60. The van der Waals surface area contributed by atoms with Crippen molar-refractivity contribution in [2.75, 3.05) is 17.0 Å². The summed E-state index contributed by atoms with van der Waals surface area (Å²) in [6.45, 7) is 4.52. The number of rotatable bonds is 1. The molecule has 0 N–H and O–H groups in total. The minimum absolute atomic E-state index is 0.0935. The lowest BCUT2D eigenvalue weighted by molar-refractivity contribution is 0.362. The summed E-state index contributed by atoms with van der Waals surface area (Å²) >= 11 is 0. The molecule has 118 valence electrons. The van der Waals surface area contributed by atoms with Crippen LogP contribution in [0.2, 0.25) is 0 Å². The van der Waals surface area contributed by atoms with E-state index in [4.69, 9.17) is 5.11 Å². The molecular weight excluding hydrogens is 284 g/mol. The van der Waals surface area contributed by atoms with Gasteiger partial charge in [0.05, 0.1) is 5.69 Å². The average Bonchev–Trinajstić information content (AvgIpc) is 2.88. The number of benzene rings is 2. The minimum atomic E-state index is -0.219. The van der Waals surface area contributed by atoms with E-state index in [1.807, 2.05) is 18.2 Å². The van der Waals surface area contributed by atoms with Crippen LogP contribution in [0.25, 0.3) is 0 Å². The Labute approximate surface area is 137 Å². The Bertz CT molecular complexity index is 742. The molecule has 0 fully saturated rings. The Hall–Kier alpha value is -2.36. The van der Waals surface area contributed by atoms with Crippen molar-refractivity contribution in [1.29, 1.82) is 0 Å². The molecule has 0 saturated heterocycles. The molecular formula is C19H22N4. The standard InChI is InChI=1S/C19H22N4/c1-14-13-19(2)18(22(3)17-12-8-7-11-16(14)17)23(21-20-19)15-9-5-4-6-10-15/h4-12,14,18H,13H2,1-3H3/t14-,18-,19-/m1/s1. The van der Waals surface area contributed by atoms with Gasteiger partial charge in [0.1, 0.15) is 5.54 Å². The molecule has 2 aromatic carbocycles. The van der Waals surface area contributed by atoms with Crippen LogP contribution >= 0.6 is 0 Å². The van der Waals surface area contributed by atoms with Gasteiger partial charge in [-0.3, -0.25) is 0 Å². The van der Waals surface area contributed by atoms with Crippen LogP contribution in [-0.2, 0) is 0 Å². The summed E-state index contributed by atoms with van der Waals surface area (Å²) in [6, 6.07) is 19.0. The van der Waals surface area contributed by atoms with E-state index in [1.54, 1.807) is 0 Å². The number of anilines is 2. The lowest BCUT2D eigenvalue weighted by Crippen LogP contribution is -2.53. The monoisotopic (exact) mass is 306 g/mol. The zero-order chi connectivity index (χ0) is 16.0. The number of hydrogen-bond acceptors (Lipinski definition) is 4. The number of para-hydroxylation sites is 2. The molecule has 3 atom stereocenters. The molecule has 0 aliphatic carbocycles. The first-order chi connectivity index (χ1) is 11.1. The Balaban J connectivity index is 1.83. The van der Waals surface area contributed by atoms with Gasteiger partial charge in [-0.15, -0.1) is 0 Å². The van der Waals surface area contributed by atoms with Crippen molar-refractivity contribution in [2.45, 2.75) is 37.9 Å². The maximum Gasteiger partial charge on any atom is 0.152 e. The van der Waals surface area contributed by atoms with Crippen LogP contribution in [0.5, 0.6) is 0 Å². The molecule has 0 unspecified atom stereocenters. The quantitative estimate of drug-likeness (QED) is 0.771. The number of likely N-dealkylation sites (N-methyl/N-ethyl adjacent to an activating group) is 1. The summed E-state index contributed by atoms with van der Waals surface area (Å²) in [7, 11) is 2.16. The topological polar surface area (TPSA) is 31.2 Å². The third-order valence-electron chi connectivity index (χ3n) is 5.11. The van der Waals surface area contributed by atoms with Gasteiger partial charge in [0.15, 0.2) is 6.17 Å². The molecule has 4 nitrogen and oxygen atoms in total.